The van der Waals surface area contributed by atoms with Gasteiger partial charge in [0.1, 0.15) is 0 Å². The van der Waals surface area contributed by atoms with E-state index in [1.165, 1.54) is 0 Å². The Hall–Kier alpha value is -2.57. The van der Waals surface area contributed by atoms with Gasteiger partial charge in [-0.15, -0.1) is 0 Å². The van der Waals surface area contributed by atoms with Crippen LogP contribution in [0, 0.1) is 0 Å². The Morgan fingerprint density at radius 3 is 2.78 bits per heavy atom. The van der Waals surface area contributed by atoms with Crippen LogP contribution in [0.3, 0.4) is 0 Å². The lowest BCUT2D eigenvalue weighted by Gasteiger charge is -2.22. The average molecular weight is 308 g/mol. The number of aromatic nitrogens is 4. The Kier molecular flexibility index (Phi) is 3.83. The third-order valence-corrected chi connectivity index (χ3v) is 3.63. The molecule has 3 aromatic rings. The zero-order valence-electron chi connectivity index (χ0n) is 12.5. The zero-order valence-corrected chi connectivity index (χ0v) is 12.5. The molecule has 23 heavy (non-hydrogen) atoms. The third-order valence-electron chi connectivity index (χ3n) is 3.63. The summed E-state index contributed by atoms with van der Waals surface area (Å²) in [5.74, 6) is 0. The highest BCUT2D eigenvalue weighted by Gasteiger charge is 2.18. The van der Waals surface area contributed by atoms with Crippen molar-refractivity contribution >= 4 is 0 Å². The van der Waals surface area contributed by atoms with Gasteiger partial charge in [-0.25, -0.2) is 9.67 Å². The SMILES string of the molecule is c1cncc(-n2cc(-c3cccc(C4OCCCO4)n3)cn2)c1. The summed E-state index contributed by atoms with van der Waals surface area (Å²) in [6.45, 7) is 1.41. The quantitative estimate of drug-likeness (QED) is 0.744. The summed E-state index contributed by atoms with van der Waals surface area (Å²) in [6.07, 6.45) is 7.78. The molecule has 0 bridgehead atoms. The van der Waals surface area contributed by atoms with E-state index >= 15 is 0 Å². The van der Waals surface area contributed by atoms with E-state index in [2.05, 4.69) is 15.1 Å². The maximum atomic E-state index is 5.62. The average Bonchev–Trinajstić information content (AvgIpc) is 3.14. The second-order valence-electron chi connectivity index (χ2n) is 5.26. The number of rotatable bonds is 3. The molecule has 4 heterocycles. The van der Waals surface area contributed by atoms with Crippen molar-refractivity contribution in [2.24, 2.45) is 0 Å². The van der Waals surface area contributed by atoms with Crippen LogP contribution in [0.25, 0.3) is 16.9 Å². The standard InChI is InChI=1S/C17H16N4O2/c1-5-15(20-16(6-1)17-22-8-3-9-23-17)13-10-19-21(12-13)14-4-2-7-18-11-14/h1-2,4-7,10-12,17H,3,8-9H2. The van der Waals surface area contributed by atoms with Crippen LogP contribution in [0.5, 0.6) is 0 Å². The Labute approximate surface area is 133 Å². The molecule has 0 saturated carbocycles. The van der Waals surface area contributed by atoms with Gasteiger partial charge >= 0.3 is 0 Å². The Balaban J connectivity index is 1.62. The molecular formula is C17H16N4O2. The van der Waals surface area contributed by atoms with Crippen LogP contribution in [-0.4, -0.2) is 33.0 Å². The monoisotopic (exact) mass is 308 g/mol. The van der Waals surface area contributed by atoms with E-state index in [4.69, 9.17) is 9.47 Å². The first-order valence-electron chi connectivity index (χ1n) is 7.56. The Morgan fingerprint density at radius 1 is 1.04 bits per heavy atom. The molecule has 1 fully saturated rings. The minimum absolute atomic E-state index is 0.378. The molecule has 1 aliphatic rings. The van der Waals surface area contributed by atoms with Crippen LogP contribution >= 0.6 is 0 Å². The van der Waals surface area contributed by atoms with E-state index in [1.807, 2.05) is 36.5 Å². The van der Waals surface area contributed by atoms with Gasteiger partial charge in [0.25, 0.3) is 0 Å². The van der Waals surface area contributed by atoms with Crippen LogP contribution in [-0.2, 0) is 9.47 Å². The van der Waals surface area contributed by atoms with Gasteiger partial charge in [0.15, 0.2) is 0 Å². The van der Waals surface area contributed by atoms with Gasteiger partial charge in [-0.2, -0.15) is 5.10 Å². The summed E-state index contributed by atoms with van der Waals surface area (Å²) < 4.78 is 13.0. The Morgan fingerprint density at radius 2 is 1.96 bits per heavy atom. The molecule has 0 N–H and O–H groups in total. The molecule has 6 nitrogen and oxygen atoms in total. The lowest BCUT2D eigenvalue weighted by atomic mass is 10.2. The summed E-state index contributed by atoms with van der Waals surface area (Å²) >= 11 is 0. The summed E-state index contributed by atoms with van der Waals surface area (Å²) in [4.78, 5) is 8.76. The van der Waals surface area contributed by atoms with Crippen molar-refractivity contribution in [2.75, 3.05) is 13.2 Å². The largest absolute Gasteiger partial charge is 0.347 e. The van der Waals surface area contributed by atoms with Crippen LogP contribution in [0.4, 0.5) is 0 Å². The molecule has 3 aromatic heterocycles. The molecule has 4 rings (SSSR count). The van der Waals surface area contributed by atoms with E-state index in [9.17, 15) is 0 Å². The minimum atomic E-state index is -0.378. The van der Waals surface area contributed by atoms with E-state index in [-0.39, 0.29) is 6.29 Å². The lowest BCUT2D eigenvalue weighted by molar-refractivity contribution is -0.185. The van der Waals surface area contributed by atoms with Crippen LogP contribution in [0.2, 0.25) is 0 Å². The van der Waals surface area contributed by atoms with Gasteiger partial charge < -0.3 is 9.47 Å². The van der Waals surface area contributed by atoms with Crippen LogP contribution in [0.15, 0.2) is 55.1 Å². The van der Waals surface area contributed by atoms with E-state index < -0.39 is 0 Å². The van der Waals surface area contributed by atoms with Crippen molar-refractivity contribution in [3.8, 4) is 16.9 Å². The number of pyridine rings is 2. The normalized spacial score (nSPS) is 15.7. The Bertz CT molecular complexity index is 782. The molecule has 1 saturated heterocycles. The number of nitrogens with zero attached hydrogens (tertiary/aromatic N) is 4. The van der Waals surface area contributed by atoms with Crippen molar-refractivity contribution in [1.29, 1.82) is 0 Å². The maximum Gasteiger partial charge on any atom is 0.201 e. The highest BCUT2D eigenvalue weighted by Crippen LogP contribution is 2.24. The summed E-state index contributed by atoms with van der Waals surface area (Å²) in [5, 5.41) is 4.38. The molecule has 0 unspecified atom stereocenters. The van der Waals surface area contributed by atoms with Gasteiger partial charge in [-0.1, -0.05) is 6.07 Å². The molecular weight excluding hydrogens is 292 g/mol. The highest BCUT2D eigenvalue weighted by atomic mass is 16.7. The van der Waals surface area contributed by atoms with Gasteiger partial charge in [0.2, 0.25) is 6.29 Å². The third kappa shape index (κ3) is 2.99. The fraction of sp³-hybridized carbons (Fsp3) is 0.235. The van der Waals surface area contributed by atoms with E-state index in [0.29, 0.717) is 13.2 Å². The van der Waals surface area contributed by atoms with E-state index in [0.717, 1.165) is 29.1 Å². The van der Waals surface area contributed by atoms with Gasteiger partial charge in [-0.3, -0.25) is 4.98 Å². The van der Waals surface area contributed by atoms with Crippen molar-refractivity contribution in [1.82, 2.24) is 19.7 Å². The smallest absolute Gasteiger partial charge is 0.201 e. The lowest BCUT2D eigenvalue weighted by Crippen LogP contribution is -2.18. The fourth-order valence-electron chi connectivity index (χ4n) is 2.49. The van der Waals surface area contributed by atoms with Crippen molar-refractivity contribution in [2.45, 2.75) is 12.7 Å². The van der Waals surface area contributed by atoms with Gasteiger partial charge in [-0.05, 0) is 30.7 Å². The first kappa shape index (κ1) is 14.0. The molecule has 0 aliphatic carbocycles. The fourth-order valence-corrected chi connectivity index (χ4v) is 2.49. The topological polar surface area (TPSA) is 62.1 Å². The van der Waals surface area contributed by atoms with E-state index in [1.54, 1.807) is 23.3 Å². The summed E-state index contributed by atoms with van der Waals surface area (Å²) in [7, 11) is 0. The molecule has 0 radical (unpaired) electrons. The predicted molar refractivity (Wildman–Crippen MR) is 83.9 cm³/mol. The van der Waals surface area contributed by atoms with Crippen LogP contribution < -0.4 is 0 Å². The minimum Gasteiger partial charge on any atom is -0.347 e. The second kappa shape index (κ2) is 6.28. The van der Waals surface area contributed by atoms with Crippen molar-refractivity contribution in [3.05, 3.63) is 60.8 Å². The molecule has 1 aliphatic heterocycles. The molecule has 0 spiro atoms. The van der Waals surface area contributed by atoms with Gasteiger partial charge in [0.05, 0.1) is 42.7 Å². The number of ether oxygens (including phenoxy) is 2. The first-order valence-corrected chi connectivity index (χ1v) is 7.56. The van der Waals surface area contributed by atoms with Crippen molar-refractivity contribution < 1.29 is 9.47 Å². The van der Waals surface area contributed by atoms with Gasteiger partial charge in [0, 0.05) is 18.0 Å². The molecule has 6 heteroatoms. The molecule has 0 atom stereocenters. The second-order valence-corrected chi connectivity index (χ2v) is 5.26. The summed E-state index contributed by atoms with van der Waals surface area (Å²) in [5.41, 5.74) is 3.48. The van der Waals surface area contributed by atoms with Crippen LogP contribution in [0.1, 0.15) is 18.4 Å². The number of hydrogen-bond donors (Lipinski definition) is 0. The molecule has 116 valence electrons. The maximum absolute atomic E-state index is 5.62. The first-order chi connectivity index (χ1) is 11.4. The molecule has 0 aromatic carbocycles. The zero-order chi connectivity index (χ0) is 15.5. The van der Waals surface area contributed by atoms with Crippen molar-refractivity contribution in [3.63, 3.8) is 0 Å². The summed E-state index contributed by atoms with van der Waals surface area (Å²) in [6, 6.07) is 9.67. The number of hydrogen-bond acceptors (Lipinski definition) is 5. The molecule has 0 amide bonds. The predicted octanol–water partition coefficient (Wildman–Crippen LogP) is 2.76. The highest BCUT2D eigenvalue weighted by molar-refractivity contribution is 5.57.